The van der Waals surface area contributed by atoms with Gasteiger partial charge in [0.25, 0.3) is 0 Å². The van der Waals surface area contributed by atoms with Crippen LogP contribution in [0.2, 0.25) is 0 Å². The third-order valence-corrected chi connectivity index (χ3v) is 3.98. The maximum atomic E-state index is 11.8. The topological polar surface area (TPSA) is 40.5 Å². The summed E-state index contributed by atoms with van der Waals surface area (Å²) in [6.45, 7) is 1.94. The molecule has 1 atom stereocenters. The van der Waals surface area contributed by atoms with Gasteiger partial charge in [-0.2, -0.15) is 0 Å². The van der Waals surface area contributed by atoms with Crippen molar-refractivity contribution in [3.05, 3.63) is 29.3 Å². The second-order valence-electron chi connectivity index (χ2n) is 5.41. The van der Waals surface area contributed by atoms with Crippen molar-refractivity contribution in [2.75, 3.05) is 11.9 Å². The van der Waals surface area contributed by atoms with Crippen molar-refractivity contribution in [2.45, 2.75) is 37.7 Å². The van der Waals surface area contributed by atoms with Crippen LogP contribution in [0.4, 0.5) is 5.69 Å². The summed E-state index contributed by atoms with van der Waals surface area (Å²) >= 11 is 0. The normalized spacial score (nSPS) is 25.0. The van der Waals surface area contributed by atoms with Gasteiger partial charge in [0.2, 0.25) is 5.91 Å². The Bertz CT molecular complexity index is 491. The van der Waals surface area contributed by atoms with E-state index in [1.807, 2.05) is 26.1 Å². The highest BCUT2D eigenvalue weighted by molar-refractivity contribution is 6.04. The Kier molecular flexibility index (Phi) is 2.11. The van der Waals surface area contributed by atoms with E-state index in [1.54, 1.807) is 4.90 Å². The molecule has 0 saturated heterocycles. The van der Waals surface area contributed by atoms with Crippen molar-refractivity contribution in [2.24, 2.45) is 0 Å². The van der Waals surface area contributed by atoms with Gasteiger partial charge in [0.1, 0.15) is 0 Å². The first-order chi connectivity index (χ1) is 8.00. The Balaban J connectivity index is 1.94. The average Bonchev–Trinajstić information content (AvgIpc) is 2.99. The highest BCUT2D eigenvalue weighted by Crippen LogP contribution is 2.41. The standard InChI is InChI=1S/C14H17NO2/c1-9-11-7-10(8-14(17)5-6-14)3-4-12(11)15(2)13(9)16/h3-4,7,9,17H,5-6,8H2,1-2H3. The monoisotopic (exact) mass is 231 g/mol. The molecular weight excluding hydrogens is 214 g/mol. The lowest BCUT2D eigenvalue weighted by molar-refractivity contribution is -0.118. The SMILES string of the molecule is CC1C(=O)N(C)c2ccc(CC3(O)CC3)cc21. The first-order valence-corrected chi connectivity index (χ1v) is 6.13. The van der Waals surface area contributed by atoms with E-state index >= 15 is 0 Å². The summed E-state index contributed by atoms with van der Waals surface area (Å²) in [5, 5.41) is 9.92. The summed E-state index contributed by atoms with van der Waals surface area (Å²) in [6, 6.07) is 6.10. The van der Waals surface area contributed by atoms with Gasteiger partial charge in [-0.3, -0.25) is 4.79 Å². The molecule has 0 spiro atoms. The molecule has 1 aromatic carbocycles. The molecule has 0 radical (unpaired) electrons. The first kappa shape index (κ1) is 10.8. The van der Waals surface area contributed by atoms with E-state index in [-0.39, 0.29) is 11.8 Å². The number of hydrogen-bond donors (Lipinski definition) is 1. The number of nitrogens with zero attached hydrogens (tertiary/aromatic N) is 1. The number of carbonyl (C=O) groups excluding carboxylic acids is 1. The van der Waals surface area contributed by atoms with Crippen molar-refractivity contribution in [1.82, 2.24) is 0 Å². The highest BCUT2D eigenvalue weighted by atomic mass is 16.3. The first-order valence-electron chi connectivity index (χ1n) is 6.13. The average molecular weight is 231 g/mol. The maximum Gasteiger partial charge on any atom is 0.234 e. The quantitative estimate of drug-likeness (QED) is 0.843. The number of rotatable bonds is 2. The van der Waals surface area contributed by atoms with Gasteiger partial charge in [0, 0.05) is 19.2 Å². The zero-order valence-electron chi connectivity index (χ0n) is 10.2. The predicted octanol–water partition coefficient (Wildman–Crippen LogP) is 1.83. The minimum absolute atomic E-state index is 0.0520. The van der Waals surface area contributed by atoms with Gasteiger partial charge in [-0.1, -0.05) is 12.1 Å². The van der Waals surface area contributed by atoms with Crippen molar-refractivity contribution in [3.8, 4) is 0 Å². The Morgan fingerprint density at radius 2 is 2.18 bits per heavy atom. The van der Waals surface area contributed by atoms with Gasteiger partial charge < -0.3 is 10.0 Å². The number of hydrogen-bond acceptors (Lipinski definition) is 2. The molecule has 1 amide bonds. The van der Waals surface area contributed by atoms with E-state index in [9.17, 15) is 9.90 Å². The van der Waals surface area contributed by atoms with Crippen LogP contribution in [-0.4, -0.2) is 23.7 Å². The molecule has 2 aliphatic rings. The van der Waals surface area contributed by atoms with Crippen LogP contribution >= 0.6 is 0 Å². The number of anilines is 1. The van der Waals surface area contributed by atoms with E-state index in [2.05, 4.69) is 6.07 Å². The summed E-state index contributed by atoms with van der Waals surface area (Å²) < 4.78 is 0. The van der Waals surface area contributed by atoms with E-state index in [4.69, 9.17) is 0 Å². The van der Waals surface area contributed by atoms with Crippen molar-refractivity contribution < 1.29 is 9.90 Å². The van der Waals surface area contributed by atoms with Crippen molar-refractivity contribution in [3.63, 3.8) is 0 Å². The van der Waals surface area contributed by atoms with Gasteiger partial charge in [-0.05, 0) is 37.0 Å². The van der Waals surface area contributed by atoms with Gasteiger partial charge >= 0.3 is 0 Å². The van der Waals surface area contributed by atoms with Crippen LogP contribution in [0.1, 0.15) is 36.8 Å². The van der Waals surface area contributed by atoms with Gasteiger partial charge in [0.05, 0.1) is 11.5 Å². The molecule has 1 N–H and O–H groups in total. The van der Waals surface area contributed by atoms with E-state index < -0.39 is 5.60 Å². The Morgan fingerprint density at radius 3 is 2.82 bits per heavy atom. The lowest BCUT2D eigenvalue weighted by Gasteiger charge is -2.12. The number of carbonyl (C=O) groups is 1. The lowest BCUT2D eigenvalue weighted by atomic mass is 9.97. The third kappa shape index (κ3) is 1.65. The summed E-state index contributed by atoms with van der Waals surface area (Å²) in [7, 11) is 1.82. The third-order valence-electron chi connectivity index (χ3n) is 3.98. The molecule has 0 bridgehead atoms. The number of aliphatic hydroxyl groups is 1. The highest BCUT2D eigenvalue weighted by Gasteiger charge is 2.40. The zero-order valence-corrected chi connectivity index (χ0v) is 10.2. The van der Waals surface area contributed by atoms with Crippen LogP contribution in [-0.2, 0) is 11.2 Å². The van der Waals surface area contributed by atoms with Crippen LogP contribution in [0.5, 0.6) is 0 Å². The fraction of sp³-hybridized carbons (Fsp3) is 0.500. The molecule has 3 heteroatoms. The van der Waals surface area contributed by atoms with Crippen molar-refractivity contribution >= 4 is 11.6 Å². The molecule has 1 fully saturated rings. The fourth-order valence-corrected chi connectivity index (χ4v) is 2.61. The molecule has 1 aliphatic carbocycles. The summed E-state index contributed by atoms with van der Waals surface area (Å²) in [5.41, 5.74) is 2.78. The maximum absolute atomic E-state index is 11.8. The molecule has 1 aliphatic heterocycles. The number of fused-ring (bicyclic) bond motifs is 1. The molecule has 90 valence electrons. The zero-order chi connectivity index (χ0) is 12.2. The fourth-order valence-electron chi connectivity index (χ4n) is 2.61. The second kappa shape index (κ2) is 3.33. The molecule has 1 heterocycles. The Morgan fingerprint density at radius 1 is 1.47 bits per heavy atom. The Labute approximate surface area is 101 Å². The smallest absolute Gasteiger partial charge is 0.234 e. The second-order valence-corrected chi connectivity index (χ2v) is 5.41. The van der Waals surface area contributed by atoms with Gasteiger partial charge in [-0.25, -0.2) is 0 Å². The number of benzene rings is 1. The van der Waals surface area contributed by atoms with Crippen LogP contribution in [0.25, 0.3) is 0 Å². The van der Waals surface area contributed by atoms with Crippen LogP contribution in [0, 0.1) is 0 Å². The largest absolute Gasteiger partial charge is 0.390 e. The van der Waals surface area contributed by atoms with E-state index in [0.717, 1.165) is 29.7 Å². The number of amides is 1. The molecule has 1 saturated carbocycles. The molecule has 3 rings (SSSR count). The van der Waals surface area contributed by atoms with Crippen LogP contribution < -0.4 is 4.90 Å². The van der Waals surface area contributed by atoms with Crippen LogP contribution in [0.15, 0.2) is 18.2 Å². The summed E-state index contributed by atoms with van der Waals surface area (Å²) in [4.78, 5) is 13.6. The molecule has 1 aromatic rings. The van der Waals surface area contributed by atoms with Crippen molar-refractivity contribution in [1.29, 1.82) is 0 Å². The molecule has 3 nitrogen and oxygen atoms in total. The minimum atomic E-state index is -0.466. The number of likely N-dealkylation sites (N-methyl/N-ethyl adjacent to an activating group) is 1. The van der Waals surface area contributed by atoms with Gasteiger partial charge in [0.15, 0.2) is 0 Å². The molecule has 0 aromatic heterocycles. The van der Waals surface area contributed by atoms with E-state index in [1.165, 1.54) is 0 Å². The van der Waals surface area contributed by atoms with Gasteiger partial charge in [-0.15, -0.1) is 0 Å². The summed E-state index contributed by atoms with van der Waals surface area (Å²) in [6.07, 6.45) is 2.52. The molecule has 17 heavy (non-hydrogen) atoms. The predicted molar refractivity (Wildman–Crippen MR) is 66.2 cm³/mol. The molecule has 1 unspecified atom stereocenters. The lowest BCUT2D eigenvalue weighted by Crippen LogP contribution is -2.22. The van der Waals surface area contributed by atoms with E-state index in [0.29, 0.717) is 6.42 Å². The van der Waals surface area contributed by atoms with Crippen LogP contribution in [0.3, 0.4) is 0 Å². The Hall–Kier alpha value is -1.35. The minimum Gasteiger partial charge on any atom is -0.390 e. The molecular formula is C14H17NO2. The summed E-state index contributed by atoms with van der Waals surface area (Å²) in [5.74, 6) is 0.103.